The third-order valence-electron chi connectivity index (χ3n) is 4.58. The number of aromatic nitrogens is 2. The number of fused-ring (bicyclic) bond motifs is 4. The Morgan fingerprint density at radius 3 is 2.62 bits per heavy atom. The quantitative estimate of drug-likeness (QED) is 0.814. The van der Waals surface area contributed by atoms with Crippen molar-refractivity contribution in [1.29, 1.82) is 0 Å². The van der Waals surface area contributed by atoms with E-state index in [0.717, 1.165) is 0 Å². The predicted molar refractivity (Wildman–Crippen MR) is 91.7 cm³/mol. The SMILES string of the molecule is CC(C)n1ncc2c1NC(=O)C[C@]21C(=O)Nc2c(Cl)ccc(Cl)c21. The Bertz CT molecular complexity index is 906. The molecule has 6 nitrogen and oxygen atoms in total. The van der Waals surface area contributed by atoms with Crippen LogP contribution in [0.15, 0.2) is 18.3 Å². The Hall–Kier alpha value is -2.05. The van der Waals surface area contributed by atoms with E-state index < -0.39 is 5.41 Å². The van der Waals surface area contributed by atoms with Crippen molar-refractivity contribution in [2.24, 2.45) is 0 Å². The summed E-state index contributed by atoms with van der Waals surface area (Å²) in [6.07, 6.45) is 1.59. The minimum atomic E-state index is -1.21. The third-order valence-corrected chi connectivity index (χ3v) is 5.21. The Morgan fingerprint density at radius 1 is 1.21 bits per heavy atom. The molecular formula is C16H14Cl2N4O2. The van der Waals surface area contributed by atoms with Crippen LogP contribution < -0.4 is 10.6 Å². The molecule has 2 N–H and O–H groups in total. The maximum atomic E-state index is 13.0. The smallest absolute Gasteiger partial charge is 0.240 e. The van der Waals surface area contributed by atoms with Gasteiger partial charge in [0.15, 0.2) is 0 Å². The molecule has 1 aromatic heterocycles. The van der Waals surface area contributed by atoms with Crippen LogP contribution in [-0.4, -0.2) is 21.6 Å². The number of carbonyl (C=O) groups is 2. The Morgan fingerprint density at radius 2 is 1.92 bits per heavy atom. The molecule has 4 rings (SSSR count). The number of rotatable bonds is 1. The Labute approximate surface area is 148 Å². The molecule has 1 atom stereocenters. The zero-order valence-electron chi connectivity index (χ0n) is 13.0. The molecule has 0 bridgehead atoms. The standard InChI is InChI=1S/C16H14Cl2N4O2/c1-7(2)22-14-8(6-19-22)16(5-11(23)20-14)12-9(17)3-4-10(18)13(12)21-15(16)24/h3-4,6-7H,5H2,1-2H3,(H,20,23)(H,21,24)/t16-/m0/s1. The minimum absolute atomic E-state index is 0.0305. The highest BCUT2D eigenvalue weighted by Gasteiger charge is 2.55. The van der Waals surface area contributed by atoms with Crippen molar-refractivity contribution in [2.45, 2.75) is 31.7 Å². The van der Waals surface area contributed by atoms with Gasteiger partial charge in [-0.25, -0.2) is 4.68 Å². The first-order valence-electron chi connectivity index (χ1n) is 7.54. The van der Waals surface area contributed by atoms with E-state index in [4.69, 9.17) is 23.2 Å². The molecule has 2 aromatic rings. The summed E-state index contributed by atoms with van der Waals surface area (Å²) in [6, 6.07) is 3.30. The molecule has 2 amide bonds. The number of carbonyl (C=O) groups excluding carboxylic acids is 2. The number of hydrogen-bond donors (Lipinski definition) is 2. The van der Waals surface area contributed by atoms with Gasteiger partial charge >= 0.3 is 0 Å². The van der Waals surface area contributed by atoms with Crippen molar-refractivity contribution in [2.75, 3.05) is 10.6 Å². The van der Waals surface area contributed by atoms with E-state index in [1.165, 1.54) is 0 Å². The van der Waals surface area contributed by atoms with Crippen LogP contribution in [0.2, 0.25) is 10.0 Å². The molecule has 0 saturated carbocycles. The average Bonchev–Trinajstić information content (AvgIpc) is 3.05. The lowest BCUT2D eigenvalue weighted by atomic mass is 9.72. The van der Waals surface area contributed by atoms with Gasteiger partial charge in [0, 0.05) is 28.6 Å². The highest BCUT2D eigenvalue weighted by molar-refractivity contribution is 6.38. The first kappa shape index (κ1) is 15.5. The summed E-state index contributed by atoms with van der Waals surface area (Å²) in [5, 5.41) is 10.8. The summed E-state index contributed by atoms with van der Waals surface area (Å²) >= 11 is 12.6. The normalized spacial score (nSPS) is 21.7. The summed E-state index contributed by atoms with van der Waals surface area (Å²) in [7, 11) is 0. The van der Waals surface area contributed by atoms with Gasteiger partial charge in [-0.1, -0.05) is 23.2 Å². The number of hydrogen-bond acceptors (Lipinski definition) is 3. The first-order valence-corrected chi connectivity index (χ1v) is 8.29. The molecule has 0 radical (unpaired) electrons. The molecule has 0 aliphatic carbocycles. The fraction of sp³-hybridized carbons (Fsp3) is 0.312. The van der Waals surface area contributed by atoms with Crippen LogP contribution in [0.5, 0.6) is 0 Å². The summed E-state index contributed by atoms with van der Waals surface area (Å²) in [5.74, 6) is -0.0452. The van der Waals surface area contributed by atoms with Crippen molar-refractivity contribution in [1.82, 2.24) is 9.78 Å². The maximum Gasteiger partial charge on any atom is 0.240 e. The van der Waals surface area contributed by atoms with Gasteiger partial charge in [0.25, 0.3) is 0 Å². The van der Waals surface area contributed by atoms with Crippen LogP contribution >= 0.6 is 23.2 Å². The van der Waals surface area contributed by atoms with Gasteiger partial charge in [0.2, 0.25) is 11.8 Å². The summed E-state index contributed by atoms with van der Waals surface area (Å²) in [5.41, 5.74) is 0.437. The van der Waals surface area contributed by atoms with E-state index in [2.05, 4.69) is 15.7 Å². The second-order valence-electron chi connectivity index (χ2n) is 6.31. The van der Waals surface area contributed by atoms with Crippen LogP contribution in [-0.2, 0) is 15.0 Å². The van der Waals surface area contributed by atoms with Gasteiger partial charge in [-0.05, 0) is 26.0 Å². The lowest BCUT2D eigenvalue weighted by Gasteiger charge is -2.32. The van der Waals surface area contributed by atoms with Gasteiger partial charge in [-0.2, -0.15) is 5.10 Å². The van der Waals surface area contributed by atoms with Crippen molar-refractivity contribution in [3.05, 3.63) is 39.5 Å². The van der Waals surface area contributed by atoms with Gasteiger partial charge in [-0.15, -0.1) is 0 Å². The first-order chi connectivity index (χ1) is 11.4. The number of anilines is 2. The van der Waals surface area contributed by atoms with Crippen molar-refractivity contribution in [3.63, 3.8) is 0 Å². The molecule has 1 aromatic carbocycles. The molecule has 124 valence electrons. The molecule has 3 heterocycles. The molecule has 0 fully saturated rings. The molecule has 1 spiro atoms. The monoisotopic (exact) mass is 364 g/mol. The number of nitrogens with zero attached hydrogens (tertiary/aromatic N) is 2. The fourth-order valence-electron chi connectivity index (χ4n) is 3.55. The second kappa shape index (κ2) is 4.97. The largest absolute Gasteiger partial charge is 0.323 e. The Kier molecular flexibility index (Phi) is 3.21. The van der Waals surface area contributed by atoms with Crippen LogP contribution in [0.4, 0.5) is 11.5 Å². The van der Waals surface area contributed by atoms with Crippen LogP contribution in [0.3, 0.4) is 0 Å². The van der Waals surface area contributed by atoms with Crippen LogP contribution in [0.25, 0.3) is 0 Å². The van der Waals surface area contributed by atoms with Crippen LogP contribution in [0, 0.1) is 0 Å². The minimum Gasteiger partial charge on any atom is -0.323 e. The number of benzene rings is 1. The third kappa shape index (κ3) is 1.81. The molecular weight excluding hydrogens is 351 g/mol. The number of halogens is 2. The molecule has 0 saturated heterocycles. The van der Waals surface area contributed by atoms with Crippen molar-refractivity contribution >= 4 is 46.5 Å². The van der Waals surface area contributed by atoms with Gasteiger partial charge < -0.3 is 10.6 Å². The lowest BCUT2D eigenvalue weighted by Crippen LogP contribution is -2.43. The molecule has 2 aliphatic heterocycles. The number of amides is 2. The highest BCUT2D eigenvalue weighted by atomic mass is 35.5. The van der Waals surface area contributed by atoms with Crippen molar-refractivity contribution in [3.8, 4) is 0 Å². The molecule has 0 unspecified atom stereocenters. The molecule has 2 aliphatic rings. The van der Waals surface area contributed by atoms with E-state index in [1.54, 1.807) is 23.0 Å². The van der Waals surface area contributed by atoms with E-state index in [9.17, 15) is 9.59 Å². The summed E-state index contributed by atoms with van der Waals surface area (Å²) in [4.78, 5) is 25.4. The second-order valence-corrected chi connectivity index (χ2v) is 7.12. The Balaban J connectivity index is 2.07. The molecule has 8 heteroatoms. The van der Waals surface area contributed by atoms with E-state index >= 15 is 0 Å². The van der Waals surface area contributed by atoms with E-state index in [0.29, 0.717) is 32.7 Å². The van der Waals surface area contributed by atoms with Gasteiger partial charge in [-0.3, -0.25) is 9.59 Å². The molecule has 24 heavy (non-hydrogen) atoms. The van der Waals surface area contributed by atoms with Crippen molar-refractivity contribution < 1.29 is 9.59 Å². The van der Waals surface area contributed by atoms with Gasteiger partial charge in [0.1, 0.15) is 11.2 Å². The topological polar surface area (TPSA) is 76.0 Å². The lowest BCUT2D eigenvalue weighted by molar-refractivity contribution is -0.125. The number of nitrogens with one attached hydrogen (secondary N) is 2. The predicted octanol–water partition coefficient (Wildman–Crippen LogP) is 3.35. The fourth-order valence-corrected chi connectivity index (χ4v) is 4.08. The average molecular weight is 365 g/mol. The van der Waals surface area contributed by atoms with Crippen LogP contribution in [0.1, 0.15) is 37.4 Å². The zero-order chi connectivity index (χ0) is 17.2. The summed E-state index contributed by atoms with van der Waals surface area (Å²) < 4.78 is 1.69. The van der Waals surface area contributed by atoms with E-state index in [1.807, 2.05) is 13.8 Å². The summed E-state index contributed by atoms with van der Waals surface area (Å²) in [6.45, 7) is 3.90. The van der Waals surface area contributed by atoms with Gasteiger partial charge in [0.05, 0.1) is 16.9 Å². The highest BCUT2D eigenvalue weighted by Crippen LogP contribution is 2.54. The zero-order valence-corrected chi connectivity index (χ0v) is 14.5. The van der Waals surface area contributed by atoms with E-state index in [-0.39, 0.29) is 24.3 Å². The maximum absolute atomic E-state index is 13.0.